The lowest BCUT2D eigenvalue weighted by Gasteiger charge is -2.11. The Kier molecular flexibility index (Phi) is 3.57. The van der Waals surface area contributed by atoms with E-state index in [1.807, 2.05) is 12.1 Å². The third-order valence-electron chi connectivity index (χ3n) is 3.50. The van der Waals surface area contributed by atoms with E-state index in [0.29, 0.717) is 25.2 Å². The van der Waals surface area contributed by atoms with E-state index in [0.717, 1.165) is 5.56 Å². The van der Waals surface area contributed by atoms with Gasteiger partial charge in [0.15, 0.2) is 15.6 Å². The first kappa shape index (κ1) is 13.3. The van der Waals surface area contributed by atoms with Crippen LogP contribution in [0.3, 0.4) is 0 Å². The Labute approximate surface area is 108 Å². The number of hydrogen-bond acceptors (Lipinski definition) is 3. The van der Waals surface area contributed by atoms with Gasteiger partial charge in [0.1, 0.15) is 5.25 Å². The predicted octanol–water partition coefficient (Wildman–Crippen LogP) is 2.71. The van der Waals surface area contributed by atoms with Gasteiger partial charge in [-0.2, -0.15) is 0 Å². The second kappa shape index (κ2) is 4.84. The SMILES string of the molecule is CC(C)c1ccc(S(=O)(=O)C2CCCC2=O)cc1. The van der Waals surface area contributed by atoms with Crippen LogP contribution < -0.4 is 0 Å². The maximum absolute atomic E-state index is 12.3. The predicted molar refractivity (Wildman–Crippen MR) is 70.4 cm³/mol. The number of carbonyl (C=O) groups excluding carboxylic acids is 1. The van der Waals surface area contributed by atoms with Gasteiger partial charge in [-0.1, -0.05) is 26.0 Å². The molecule has 1 aromatic rings. The van der Waals surface area contributed by atoms with Crippen molar-refractivity contribution in [2.45, 2.75) is 49.2 Å². The van der Waals surface area contributed by atoms with Crippen molar-refractivity contribution in [2.24, 2.45) is 0 Å². The fourth-order valence-electron chi connectivity index (χ4n) is 2.32. The normalized spacial score (nSPS) is 20.6. The number of benzene rings is 1. The van der Waals surface area contributed by atoms with Crippen molar-refractivity contribution >= 4 is 15.6 Å². The molecule has 4 heteroatoms. The molecule has 0 amide bonds. The summed E-state index contributed by atoms with van der Waals surface area (Å²) in [5.41, 5.74) is 1.10. The summed E-state index contributed by atoms with van der Waals surface area (Å²) in [6.45, 7) is 4.12. The Bertz CT molecular complexity index is 541. The Morgan fingerprint density at radius 3 is 2.22 bits per heavy atom. The van der Waals surface area contributed by atoms with Gasteiger partial charge in [0.25, 0.3) is 0 Å². The summed E-state index contributed by atoms with van der Waals surface area (Å²) in [6.07, 6.45) is 1.55. The molecule has 0 saturated heterocycles. The van der Waals surface area contributed by atoms with E-state index in [4.69, 9.17) is 0 Å². The van der Waals surface area contributed by atoms with Gasteiger partial charge in [-0.25, -0.2) is 8.42 Å². The van der Waals surface area contributed by atoms with Crippen molar-refractivity contribution in [3.8, 4) is 0 Å². The van der Waals surface area contributed by atoms with E-state index in [2.05, 4.69) is 13.8 Å². The number of sulfone groups is 1. The summed E-state index contributed by atoms with van der Waals surface area (Å²) in [6, 6.07) is 6.90. The highest BCUT2D eigenvalue weighted by Crippen LogP contribution is 2.28. The van der Waals surface area contributed by atoms with Crippen LogP contribution >= 0.6 is 0 Å². The van der Waals surface area contributed by atoms with Crippen LogP contribution in [0.1, 0.15) is 44.6 Å². The van der Waals surface area contributed by atoms with Gasteiger partial charge in [0, 0.05) is 6.42 Å². The third-order valence-corrected chi connectivity index (χ3v) is 5.68. The lowest BCUT2D eigenvalue weighted by molar-refractivity contribution is -0.117. The van der Waals surface area contributed by atoms with E-state index in [1.165, 1.54) is 0 Å². The largest absolute Gasteiger partial charge is 0.298 e. The zero-order valence-electron chi connectivity index (χ0n) is 10.7. The van der Waals surface area contributed by atoms with Crippen LogP contribution in [0, 0.1) is 0 Å². The molecule has 1 aliphatic carbocycles. The molecule has 0 aliphatic heterocycles. The van der Waals surface area contributed by atoms with Crippen LogP contribution in [0.4, 0.5) is 0 Å². The Morgan fingerprint density at radius 1 is 1.17 bits per heavy atom. The molecule has 1 unspecified atom stereocenters. The van der Waals surface area contributed by atoms with Gasteiger partial charge in [-0.15, -0.1) is 0 Å². The first-order chi connectivity index (χ1) is 8.43. The molecule has 0 radical (unpaired) electrons. The fraction of sp³-hybridized carbons (Fsp3) is 0.500. The van der Waals surface area contributed by atoms with Crippen molar-refractivity contribution < 1.29 is 13.2 Å². The second-order valence-electron chi connectivity index (χ2n) is 5.12. The molecule has 1 aliphatic rings. The molecule has 0 aromatic heterocycles. The minimum absolute atomic E-state index is 0.136. The number of hydrogen-bond donors (Lipinski definition) is 0. The quantitative estimate of drug-likeness (QED) is 0.845. The lowest BCUT2D eigenvalue weighted by atomic mass is 10.0. The van der Waals surface area contributed by atoms with Crippen molar-refractivity contribution in [3.05, 3.63) is 29.8 Å². The van der Waals surface area contributed by atoms with E-state index in [-0.39, 0.29) is 10.7 Å². The molecule has 1 fully saturated rings. The molecule has 98 valence electrons. The van der Waals surface area contributed by atoms with Crippen LogP contribution in [0.25, 0.3) is 0 Å². The van der Waals surface area contributed by atoms with Crippen molar-refractivity contribution in [1.29, 1.82) is 0 Å². The molecule has 1 saturated carbocycles. The highest BCUT2D eigenvalue weighted by atomic mass is 32.2. The van der Waals surface area contributed by atoms with Gasteiger partial charge < -0.3 is 0 Å². The summed E-state index contributed by atoms with van der Waals surface area (Å²) < 4.78 is 24.6. The van der Waals surface area contributed by atoms with Crippen LogP contribution in [-0.2, 0) is 14.6 Å². The standard InChI is InChI=1S/C14H18O3S/c1-10(2)11-6-8-12(9-7-11)18(16,17)14-5-3-4-13(14)15/h6-10,14H,3-5H2,1-2H3. The van der Waals surface area contributed by atoms with E-state index in [1.54, 1.807) is 12.1 Å². The maximum Gasteiger partial charge on any atom is 0.188 e. The van der Waals surface area contributed by atoms with Gasteiger partial charge in [0.2, 0.25) is 0 Å². The average molecular weight is 266 g/mol. The minimum atomic E-state index is -3.48. The summed E-state index contributed by atoms with van der Waals surface area (Å²) in [5, 5.41) is -0.817. The molecule has 3 nitrogen and oxygen atoms in total. The number of carbonyl (C=O) groups is 1. The van der Waals surface area contributed by atoms with Gasteiger partial charge in [-0.3, -0.25) is 4.79 Å². The first-order valence-corrected chi connectivity index (χ1v) is 7.84. The first-order valence-electron chi connectivity index (χ1n) is 6.29. The molecule has 0 spiro atoms. The Morgan fingerprint density at radius 2 is 1.78 bits per heavy atom. The highest BCUT2D eigenvalue weighted by molar-refractivity contribution is 7.92. The van der Waals surface area contributed by atoms with Gasteiger partial charge in [-0.05, 0) is 36.5 Å². The third kappa shape index (κ3) is 2.34. The van der Waals surface area contributed by atoms with Crippen LogP contribution in [-0.4, -0.2) is 19.5 Å². The van der Waals surface area contributed by atoms with Crippen LogP contribution in [0.15, 0.2) is 29.2 Å². The van der Waals surface area contributed by atoms with Crippen LogP contribution in [0.5, 0.6) is 0 Å². The smallest absolute Gasteiger partial charge is 0.188 e. The summed E-state index contributed by atoms with van der Waals surface area (Å²) in [5.74, 6) is 0.234. The highest BCUT2D eigenvalue weighted by Gasteiger charge is 2.36. The van der Waals surface area contributed by atoms with Gasteiger partial charge >= 0.3 is 0 Å². The molecule has 1 aromatic carbocycles. The molecule has 0 heterocycles. The number of Topliss-reactive ketones (excluding diaryl/α,β-unsaturated/α-hetero) is 1. The molecule has 0 bridgehead atoms. The topological polar surface area (TPSA) is 51.2 Å². The molecule has 0 N–H and O–H groups in total. The molecule has 18 heavy (non-hydrogen) atoms. The molecular weight excluding hydrogens is 248 g/mol. The van der Waals surface area contributed by atoms with Gasteiger partial charge in [0.05, 0.1) is 4.90 Å². The summed E-state index contributed by atoms with van der Waals surface area (Å²) in [7, 11) is -3.48. The lowest BCUT2D eigenvalue weighted by Crippen LogP contribution is -2.25. The number of ketones is 1. The molecule has 2 rings (SSSR count). The van der Waals surface area contributed by atoms with E-state index >= 15 is 0 Å². The van der Waals surface area contributed by atoms with Crippen molar-refractivity contribution in [3.63, 3.8) is 0 Å². The second-order valence-corrected chi connectivity index (χ2v) is 7.25. The van der Waals surface area contributed by atoms with E-state index < -0.39 is 15.1 Å². The summed E-state index contributed by atoms with van der Waals surface area (Å²) >= 11 is 0. The van der Waals surface area contributed by atoms with E-state index in [9.17, 15) is 13.2 Å². The zero-order chi connectivity index (χ0) is 13.3. The van der Waals surface area contributed by atoms with Crippen molar-refractivity contribution in [1.82, 2.24) is 0 Å². The maximum atomic E-state index is 12.3. The molecular formula is C14H18O3S. The minimum Gasteiger partial charge on any atom is -0.298 e. The fourth-order valence-corrected chi connectivity index (χ4v) is 4.10. The monoisotopic (exact) mass is 266 g/mol. The van der Waals surface area contributed by atoms with Crippen molar-refractivity contribution in [2.75, 3.05) is 0 Å². The molecule has 1 atom stereocenters. The summed E-state index contributed by atoms with van der Waals surface area (Å²) in [4.78, 5) is 11.9. The number of rotatable bonds is 3. The Balaban J connectivity index is 2.33. The Hall–Kier alpha value is -1.16. The van der Waals surface area contributed by atoms with Crippen LogP contribution in [0.2, 0.25) is 0 Å². The zero-order valence-corrected chi connectivity index (χ0v) is 11.5. The average Bonchev–Trinajstić information content (AvgIpc) is 2.76.